The third kappa shape index (κ3) is 2.84. The molecule has 116 valence electrons. The summed E-state index contributed by atoms with van der Waals surface area (Å²) in [6.45, 7) is 4.28. The van der Waals surface area contributed by atoms with E-state index < -0.39 is 0 Å². The summed E-state index contributed by atoms with van der Waals surface area (Å²) >= 11 is 0. The Balaban J connectivity index is 1.90. The van der Waals surface area contributed by atoms with Crippen LogP contribution in [0.1, 0.15) is 36.5 Å². The number of carbonyl (C=O) groups excluding carboxylic acids is 1. The Morgan fingerprint density at radius 1 is 1.36 bits per heavy atom. The number of hydrogen-bond acceptors (Lipinski definition) is 3. The summed E-state index contributed by atoms with van der Waals surface area (Å²) in [6, 6.07) is 9.78. The van der Waals surface area contributed by atoms with Gasteiger partial charge < -0.3 is 9.64 Å². The van der Waals surface area contributed by atoms with Gasteiger partial charge in [-0.05, 0) is 18.6 Å². The van der Waals surface area contributed by atoms with Crippen LogP contribution < -0.4 is 9.64 Å². The van der Waals surface area contributed by atoms with Crippen LogP contribution in [0.4, 0.5) is 5.69 Å². The highest BCUT2D eigenvalue weighted by atomic mass is 16.5. The van der Waals surface area contributed by atoms with Gasteiger partial charge in [0.2, 0.25) is 5.88 Å². The van der Waals surface area contributed by atoms with Gasteiger partial charge in [0, 0.05) is 25.2 Å². The van der Waals surface area contributed by atoms with Crippen molar-refractivity contribution in [2.45, 2.75) is 32.7 Å². The Morgan fingerprint density at radius 2 is 2.18 bits per heavy atom. The van der Waals surface area contributed by atoms with Gasteiger partial charge in [-0.3, -0.25) is 4.79 Å². The molecule has 0 saturated heterocycles. The average molecular weight is 299 g/mol. The van der Waals surface area contributed by atoms with Crippen molar-refractivity contribution >= 4 is 11.6 Å². The summed E-state index contributed by atoms with van der Waals surface area (Å²) in [4.78, 5) is 14.8. The van der Waals surface area contributed by atoms with Gasteiger partial charge in [-0.2, -0.15) is 5.10 Å². The number of rotatable bonds is 5. The standard InChI is InChI=1S/C17H21N3O2/c1-2-3-10-19(14-8-5-4-6-9-14)16(21)15-13-18-20-11-7-12-22-17(15)20/h4-6,8-9,13H,2-3,7,10-12H2,1H3. The maximum Gasteiger partial charge on any atom is 0.265 e. The fraction of sp³-hybridized carbons (Fsp3) is 0.412. The van der Waals surface area contributed by atoms with E-state index in [1.807, 2.05) is 35.2 Å². The van der Waals surface area contributed by atoms with Crippen molar-refractivity contribution in [3.05, 3.63) is 42.1 Å². The maximum atomic E-state index is 13.0. The molecule has 1 aromatic heterocycles. The van der Waals surface area contributed by atoms with E-state index in [1.165, 1.54) is 0 Å². The SMILES string of the molecule is CCCCN(C(=O)c1cnn2c1OCCC2)c1ccccc1. The van der Waals surface area contributed by atoms with Crippen LogP contribution in [0.3, 0.4) is 0 Å². The van der Waals surface area contributed by atoms with Gasteiger partial charge in [0.1, 0.15) is 5.56 Å². The first kappa shape index (κ1) is 14.6. The molecule has 0 unspecified atom stereocenters. The quantitative estimate of drug-likeness (QED) is 0.852. The van der Waals surface area contributed by atoms with E-state index in [-0.39, 0.29) is 5.91 Å². The number of aryl methyl sites for hydroxylation is 1. The first-order valence-electron chi connectivity index (χ1n) is 7.86. The van der Waals surface area contributed by atoms with Crippen LogP contribution in [0.5, 0.6) is 5.88 Å². The normalized spacial score (nSPS) is 13.3. The summed E-state index contributed by atoms with van der Waals surface area (Å²) in [5, 5.41) is 4.28. The molecule has 0 fully saturated rings. The second-order valence-corrected chi connectivity index (χ2v) is 5.43. The fourth-order valence-corrected chi connectivity index (χ4v) is 2.63. The number of ether oxygens (including phenoxy) is 1. The van der Waals surface area contributed by atoms with Gasteiger partial charge in [0.25, 0.3) is 5.91 Å². The molecule has 3 rings (SSSR count). The van der Waals surface area contributed by atoms with Crippen molar-refractivity contribution in [3.8, 4) is 5.88 Å². The molecule has 2 aromatic rings. The van der Waals surface area contributed by atoms with Crippen molar-refractivity contribution in [2.24, 2.45) is 0 Å². The highest BCUT2D eigenvalue weighted by molar-refractivity contribution is 6.07. The molecule has 0 atom stereocenters. The highest BCUT2D eigenvalue weighted by Gasteiger charge is 2.26. The number of nitrogens with zero attached hydrogens (tertiary/aromatic N) is 3. The molecule has 1 aliphatic rings. The number of amides is 1. The smallest absolute Gasteiger partial charge is 0.265 e. The zero-order valence-corrected chi connectivity index (χ0v) is 12.9. The molecule has 0 saturated carbocycles. The molecule has 0 radical (unpaired) electrons. The monoisotopic (exact) mass is 299 g/mol. The fourth-order valence-electron chi connectivity index (χ4n) is 2.63. The molecule has 2 heterocycles. The van der Waals surface area contributed by atoms with Crippen LogP contribution >= 0.6 is 0 Å². The minimum Gasteiger partial charge on any atom is -0.477 e. The highest BCUT2D eigenvalue weighted by Crippen LogP contribution is 2.26. The van der Waals surface area contributed by atoms with E-state index >= 15 is 0 Å². The van der Waals surface area contributed by atoms with Crippen LogP contribution in [-0.4, -0.2) is 28.8 Å². The second kappa shape index (κ2) is 6.64. The summed E-state index contributed by atoms with van der Waals surface area (Å²) < 4.78 is 7.44. The number of benzene rings is 1. The minimum atomic E-state index is -0.0391. The molecule has 0 aliphatic carbocycles. The first-order valence-corrected chi connectivity index (χ1v) is 7.86. The van der Waals surface area contributed by atoms with Gasteiger partial charge in [0.15, 0.2) is 0 Å². The first-order chi connectivity index (χ1) is 10.8. The zero-order valence-electron chi connectivity index (χ0n) is 12.9. The lowest BCUT2D eigenvalue weighted by molar-refractivity contribution is 0.0980. The van der Waals surface area contributed by atoms with Gasteiger partial charge in [0.05, 0.1) is 12.8 Å². The zero-order chi connectivity index (χ0) is 15.4. The van der Waals surface area contributed by atoms with E-state index in [9.17, 15) is 4.79 Å². The molecule has 0 N–H and O–H groups in total. The van der Waals surface area contributed by atoms with E-state index in [4.69, 9.17) is 4.74 Å². The van der Waals surface area contributed by atoms with Crippen molar-refractivity contribution in [1.82, 2.24) is 9.78 Å². The van der Waals surface area contributed by atoms with Crippen molar-refractivity contribution in [1.29, 1.82) is 0 Å². The summed E-state index contributed by atoms with van der Waals surface area (Å²) in [7, 11) is 0. The minimum absolute atomic E-state index is 0.0391. The van der Waals surface area contributed by atoms with Crippen LogP contribution in [0.25, 0.3) is 0 Å². The van der Waals surface area contributed by atoms with Crippen molar-refractivity contribution in [3.63, 3.8) is 0 Å². The number of carbonyl (C=O) groups is 1. The summed E-state index contributed by atoms with van der Waals surface area (Å²) in [5.74, 6) is 0.566. The molecule has 1 aliphatic heterocycles. The van der Waals surface area contributed by atoms with E-state index in [0.717, 1.165) is 31.5 Å². The Bertz CT molecular complexity index is 637. The van der Waals surface area contributed by atoms with Crippen LogP contribution in [0, 0.1) is 0 Å². The predicted octanol–water partition coefficient (Wildman–Crippen LogP) is 3.11. The molecule has 5 heteroatoms. The number of para-hydroxylation sites is 1. The number of fused-ring (bicyclic) bond motifs is 1. The number of anilines is 1. The largest absolute Gasteiger partial charge is 0.477 e. The van der Waals surface area contributed by atoms with Crippen LogP contribution in [0.15, 0.2) is 36.5 Å². The van der Waals surface area contributed by atoms with E-state index in [0.29, 0.717) is 24.6 Å². The molecule has 0 spiro atoms. The third-order valence-corrected chi connectivity index (χ3v) is 3.82. The molecule has 1 amide bonds. The molecule has 5 nitrogen and oxygen atoms in total. The van der Waals surface area contributed by atoms with Gasteiger partial charge in [-0.25, -0.2) is 4.68 Å². The summed E-state index contributed by atoms with van der Waals surface area (Å²) in [6.07, 6.45) is 4.57. The third-order valence-electron chi connectivity index (χ3n) is 3.82. The van der Waals surface area contributed by atoms with E-state index in [2.05, 4.69) is 12.0 Å². The Kier molecular flexibility index (Phi) is 4.42. The Labute approximate surface area is 130 Å². The van der Waals surface area contributed by atoms with Gasteiger partial charge in [-0.15, -0.1) is 0 Å². The number of unbranched alkanes of at least 4 members (excludes halogenated alkanes) is 1. The van der Waals surface area contributed by atoms with Crippen molar-refractivity contribution in [2.75, 3.05) is 18.1 Å². The topological polar surface area (TPSA) is 47.4 Å². The molecular formula is C17H21N3O2. The van der Waals surface area contributed by atoms with Crippen molar-refractivity contribution < 1.29 is 9.53 Å². The Morgan fingerprint density at radius 3 is 2.95 bits per heavy atom. The number of aromatic nitrogens is 2. The molecule has 0 bridgehead atoms. The second-order valence-electron chi connectivity index (χ2n) is 5.43. The van der Waals surface area contributed by atoms with Gasteiger partial charge in [-0.1, -0.05) is 31.5 Å². The lowest BCUT2D eigenvalue weighted by Crippen LogP contribution is -2.32. The number of hydrogen-bond donors (Lipinski definition) is 0. The van der Waals surface area contributed by atoms with Gasteiger partial charge >= 0.3 is 0 Å². The predicted molar refractivity (Wildman–Crippen MR) is 85.4 cm³/mol. The maximum absolute atomic E-state index is 13.0. The molecule has 1 aromatic carbocycles. The van der Waals surface area contributed by atoms with Crippen LogP contribution in [-0.2, 0) is 6.54 Å². The van der Waals surface area contributed by atoms with E-state index in [1.54, 1.807) is 10.9 Å². The lowest BCUT2D eigenvalue weighted by Gasteiger charge is -2.23. The molecular weight excluding hydrogens is 278 g/mol. The molecule has 22 heavy (non-hydrogen) atoms. The summed E-state index contributed by atoms with van der Waals surface area (Å²) in [5.41, 5.74) is 1.47. The Hall–Kier alpha value is -2.30. The van der Waals surface area contributed by atoms with Crippen LogP contribution in [0.2, 0.25) is 0 Å². The lowest BCUT2D eigenvalue weighted by atomic mass is 10.2. The average Bonchev–Trinajstić information content (AvgIpc) is 3.00.